The highest BCUT2D eigenvalue weighted by molar-refractivity contribution is 6.21. The fraction of sp³-hybridized carbons (Fsp3) is 0.292. The summed E-state index contributed by atoms with van der Waals surface area (Å²) in [5.41, 5.74) is 2.75. The lowest BCUT2D eigenvalue weighted by Crippen LogP contribution is -2.36. The summed E-state index contributed by atoms with van der Waals surface area (Å²) in [7, 11) is 0. The number of carbonyl (C=O) groups excluding carboxylic acids is 3. The monoisotopic (exact) mass is 403 g/mol. The lowest BCUT2D eigenvalue weighted by molar-refractivity contribution is -0.121. The third kappa shape index (κ3) is 3.73. The van der Waals surface area contributed by atoms with Gasteiger partial charge in [0.25, 0.3) is 11.8 Å². The molecule has 1 aromatic heterocycles. The van der Waals surface area contributed by atoms with Crippen LogP contribution in [-0.4, -0.2) is 40.7 Å². The zero-order valence-electron chi connectivity index (χ0n) is 17.0. The van der Waals surface area contributed by atoms with Crippen molar-refractivity contribution in [1.82, 2.24) is 15.2 Å². The molecule has 0 bridgehead atoms. The van der Waals surface area contributed by atoms with Gasteiger partial charge in [0.1, 0.15) is 0 Å². The summed E-state index contributed by atoms with van der Waals surface area (Å²) in [6.45, 7) is 2.86. The number of hydrogen-bond acceptors (Lipinski definition) is 3. The van der Waals surface area contributed by atoms with Crippen LogP contribution < -0.4 is 5.32 Å². The first kappa shape index (κ1) is 19.9. The summed E-state index contributed by atoms with van der Waals surface area (Å²) in [4.78, 5) is 42.9. The van der Waals surface area contributed by atoms with Gasteiger partial charge in [0.15, 0.2) is 0 Å². The molecule has 0 spiro atoms. The Morgan fingerprint density at radius 1 is 1.03 bits per heavy atom. The topological polar surface area (TPSA) is 82.3 Å². The number of nitrogens with zero attached hydrogens (tertiary/aromatic N) is 1. The quantitative estimate of drug-likeness (QED) is 0.443. The molecule has 1 aliphatic heterocycles. The molecule has 1 aliphatic rings. The minimum Gasteiger partial charge on any atom is -0.361 e. The van der Waals surface area contributed by atoms with Crippen LogP contribution in [0.15, 0.2) is 54.7 Å². The Morgan fingerprint density at radius 2 is 1.70 bits per heavy atom. The van der Waals surface area contributed by atoms with Crippen LogP contribution in [0.3, 0.4) is 0 Å². The van der Waals surface area contributed by atoms with E-state index in [4.69, 9.17) is 0 Å². The molecule has 0 saturated heterocycles. The molecule has 6 heteroatoms. The first-order valence-corrected chi connectivity index (χ1v) is 10.4. The number of carbonyl (C=O) groups is 3. The Labute approximate surface area is 175 Å². The molecule has 1 unspecified atom stereocenters. The standard InChI is InChI=1S/C24H25N3O3/c1-2-3-12-25-22(28)13-16(20-14-26-21-11-7-6-8-17(20)21)15-27-23(29)18-9-4-5-10-19(18)24(27)30/h4-11,14,16,26H,2-3,12-13,15H2,1H3,(H,25,28). The molecule has 30 heavy (non-hydrogen) atoms. The highest BCUT2D eigenvalue weighted by atomic mass is 16.2. The van der Waals surface area contributed by atoms with Crippen LogP contribution >= 0.6 is 0 Å². The normalized spacial score (nSPS) is 14.2. The van der Waals surface area contributed by atoms with Crippen molar-refractivity contribution in [1.29, 1.82) is 0 Å². The predicted molar refractivity (Wildman–Crippen MR) is 115 cm³/mol. The van der Waals surface area contributed by atoms with E-state index in [0.29, 0.717) is 17.7 Å². The minimum absolute atomic E-state index is 0.0738. The van der Waals surface area contributed by atoms with Gasteiger partial charge in [-0.25, -0.2) is 0 Å². The maximum absolute atomic E-state index is 12.9. The maximum atomic E-state index is 12.9. The van der Waals surface area contributed by atoms with Gasteiger partial charge in [0.05, 0.1) is 11.1 Å². The molecule has 2 heterocycles. The van der Waals surface area contributed by atoms with Crippen molar-refractivity contribution in [2.24, 2.45) is 0 Å². The first-order valence-electron chi connectivity index (χ1n) is 10.4. The van der Waals surface area contributed by atoms with Crippen molar-refractivity contribution >= 4 is 28.6 Å². The second-order valence-corrected chi connectivity index (χ2v) is 7.66. The molecule has 154 valence electrons. The average molecular weight is 403 g/mol. The second-order valence-electron chi connectivity index (χ2n) is 7.66. The molecule has 0 saturated carbocycles. The summed E-state index contributed by atoms with van der Waals surface area (Å²) < 4.78 is 0. The number of amides is 3. The Bertz CT molecular complexity index is 1070. The molecular formula is C24H25N3O3. The van der Waals surface area contributed by atoms with Crippen LogP contribution in [0, 0.1) is 0 Å². The second kappa shape index (κ2) is 8.53. The number of imide groups is 1. The smallest absolute Gasteiger partial charge is 0.261 e. The van der Waals surface area contributed by atoms with Crippen molar-refractivity contribution in [3.63, 3.8) is 0 Å². The molecule has 0 radical (unpaired) electrons. The SMILES string of the molecule is CCCCNC(=O)CC(CN1C(=O)c2ccccc2C1=O)c1c[nH]c2ccccc12. The van der Waals surface area contributed by atoms with Gasteiger partial charge in [-0.05, 0) is 30.2 Å². The average Bonchev–Trinajstić information content (AvgIpc) is 3.29. The first-order chi connectivity index (χ1) is 14.6. The number of benzene rings is 2. The van der Waals surface area contributed by atoms with Gasteiger partial charge in [-0.15, -0.1) is 0 Å². The number of unbranched alkanes of at least 4 members (excludes halogenated alkanes) is 1. The van der Waals surface area contributed by atoms with E-state index in [1.807, 2.05) is 30.5 Å². The number of aromatic nitrogens is 1. The highest BCUT2D eigenvalue weighted by Gasteiger charge is 2.37. The molecule has 1 atom stereocenters. The largest absolute Gasteiger partial charge is 0.361 e. The molecule has 3 amide bonds. The number of para-hydroxylation sites is 1. The third-order valence-corrected chi connectivity index (χ3v) is 5.63. The van der Waals surface area contributed by atoms with E-state index in [0.717, 1.165) is 29.3 Å². The van der Waals surface area contributed by atoms with E-state index in [1.165, 1.54) is 4.90 Å². The summed E-state index contributed by atoms with van der Waals surface area (Å²) in [5.74, 6) is -0.973. The Hall–Kier alpha value is -3.41. The minimum atomic E-state index is -0.301. The van der Waals surface area contributed by atoms with E-state index in [-0.39, 0.29) is 36.6 Å². The van der Waals surface area contributed by atoms with Crippen LogP contribution in [0.1, 0.15) is 58.4 Å². The van der Waals surface area contributed by atoms with Gasteiger partial charge >= 0.3 is 0 Å². The van der Waals surface area contributed by atoms with E-state index in [1.54, 1.807) is 24.3 Å². The Balaban J connectivity index is 1.62. The van der Waals surface area contributed by atoms with E-state index in [9.17, 15) is 14.4 Å². The summed E-state index contributed by atoms with van der Waals surface area (Å²) in [6, 6.07) is 14.7. The number of hydrogen-bond donors (Lipinski definition) is 2. The van der Waals surface area contributed by atoms with Crippen LogP contribution in [-0.2, 0) is 4.79 Å². The molecule has 2 aromatic carbocycles. The van der Waals surface area contributed by atoms with Crippen LogP contribution in [0.4, 0.5) is 0 Å². The van der Waals surface area contributed by atoms with Gasteiger partial charge in [-0.3, -0.25) is 19.3 Å². The fourth-order valence-electron chi connectivity index (χ4n) is 4.03. The summed E-state index contributed by atoms with van der Waals surface area (Å²) in [5, 5.41) is 3.95. The van der Waals surface area contributed by atoms with Crippen molar-refractivity contribution in [2.45, 2.75) is 32.1 Å². The van der Waals surface area contributed by atoms with Gasteiger partial charge in [-0.2, -0.15) is 0 Å². The van der Waals surface area contributed by atoms with Crippen molar-refractivity contribution in [3.05, 3.63) is 71.4 Å². The predicted octanol–water partition coefficient (Wildman–Crippen LogP) is 3.85. The van der Waals surface area contributed by atoms with Crippen LogP contribution in [0.2, 0.25) is 0 Å². The lowest BCUT2D eigenvalue weighted by atomic mass is 9.94. The summed E-state index contributed by atoms with van der Waals surface area (Å²) in [6.07, 6.45) is 4.01. The maximum Gasteiger partial charge on any atom is 0.261 e. The molecule has 2 N–H and O–H groups in total. The Morgan fingerprint density at radius 3 is 2.40 bits per heavy atom. The summed E-state index contributed by atoms with van der Waals surface area (Å²) >= 11 is 0. The zero-order chi connectivity index (χ0) is 21.1. The van der Waals surface area contributed by atoms with Gasteiger partial charge in [0.2, 0.25) is 5.91 Å². The number of rotatable bonds is 8. The lowest BCUT2D eigenvalue weighted by Gasteiger charge is -2.22. The number of nitrogens with one attached hydrogen (secondary N) is 2. The zero-order valence-corrected chi connectivity index (χ0v) is 17.0. The fourth-order valence-corrected chi connectivity index (χ4v) is 4.03. The van der Waals surface area contributed by atoms with Gasteiger partial charge in [0, 0.05) is 42.5 Å². The molecule has 6 nitrogen and oxygen atoms in total. The molecule has 3 aromatic rings. The molecular weight excluding hydrogens is 378 g/mol. The van der Waals surface area contributed by atoms with E-state index >= 15 is 0 Å². The van der Waals surface area contributed by atoms with Crippen LogP contribution in [0.5, 0.6) is 0 Å². The van der Waals surface area contributed by atoms with Gasteiger partial charge < -0.3 is 10.3 Å². The number of H-pyrrole nitrogens is 1. The van der Waals surface area contributed by atoms with Crippen molar-refractivity contribution in [2.75, 3.05) is 13.1 Å². The Kier molecular flexibility index (Phi) is 5.65. The number of fused-ring (bicyclic) bond motifs is 2. The van der Waals surface area contributed by atoms with E-state index in [2.05, 4.69) is 17.2 Å². The molecule has 0 fully saturated rings. The van der Waals surface area contributed by atoms with Crippen molar-refractivity contribution in [3.8, 4) is 0 Å². The molecule has 0 aliphatic carbocycles. The van der Waals surface area contributed by atoms with Crippen LogP contribution in [0.25, 0.3) is 10.9 Å². The highest BCUT2D eigenvalue weighted by Crippen LogP contribution is 2.31. The molecule has 4 rings (SSSR count). The van der Waals surface area contributed by atoms with E-state index < -0.39 is 0 Å². The van der Waals surface area contributed by atoms with Gasteiger partial charge in [-0.1, -0.05) is 43.7 Å². The van der Waals surface area contributed by atoms with Crippen molar-refractivity contribution < 1.29 is 14.4 Å². The third-order valence-electron chi connectivity index (χ3n) is 5.63. The number of aromatic amines is 1.